The Labute approximate surface area is 145 Å². The number of thiazole rings is 1. The van der Waals surface area contributed by atoms with E-state index in [1.807, 2.05) is 6.07 Å². The Morgan fingerprint density at radius 3 is 3.17 bits per heavy atom. The van der Waals surface area contributed by atoms with Gasteiger partial charge in [-0.25, -0.2) is 9.37 Å². The molecule has 1 saturated heterocycles. The van der Waals surface area contributed by atoms with Crippen LogP contribution in [-0.2, 0) is 11.2 Å². The van der Waals surface area contributed by atoms with Gasteiger partial charge in [-0.3, -0.25) is 9.69 Å². The number of anilines is 1. The molecular weight excluding hydrogens is 325 g/mol. The quantitative estimate of drug-likeness (QED) is 0.867. The number of amides is 1. The lowest BCUT2D eigenvalue weighted by Crippen LogP contribution is -2.39. The second-order valence-corrected chi connectivity index (χ2v) is 7.24. The zero-order valence-electron chi connectivity index (χ0n) is 13.8. The van der Waals surface area contributed by atoms with Crippen LogP contribution in [0.1, 0.15) is 36.6 Å². The number of rotatable bonds is 6. The molecule has 1 amide bonds. The molecule has 1 unspecified atom stereocenters. The minimum atomic E-state index is -0.234. The van der Waals surface area contributed by atoms with Crippen molar-refractivity contribution < 1.29 is 9.18 Å². The number of hydrogen-bond acceptors (Lipinski definition) is 4. The standard InChI is InChI=1S/C18H22FN3OS/c1-2-8-22-9-4-7-16(22)17(23)21-18-20-12-15(24-18)11-13-5-3-6-14(19)10-13/h3,5-6,10,12,16H,2,4,7-9,11H2,1H3,(H,20,21,23). The van der Waals surface area contributed by atoms with Gasteiger partial charge in [0.2, 0.25) is 5.91 Å². The smallest absolute Gasteiger partial charge is 0.243 e. The number of hydrogen-bond donors (Lipinski definition) is 1. The predicted octanol–water partition coefficient (Wildman–Crippen LogP) is 3.69. The van der Waals surface area contributed by atoms with Crippen LogP contribution in [0.5, 0.6) is 0 Å². The maximum atomic E-state index is 13.2. The molecule has 24 heavy (non-hydrogen) atoms. The highest BCUT2D eigenvalue weighted by molar-refractivity contribution is 7.15. The average molecular weight is 347 g/mol. The Hall–Kier alpha value is -1.79. The molecule has 1 aromatic carbocycles. The number of nitrogens with zero attached hydrogens (tertiary/aromatic N) is 2. The van der Waals surface area contributed by atoms with E-state index in [-0.39, 0.29) is 17.8 Å². The van der Waals surface area contributed by atoms with Crippen molar-refractivity contribution in [2.24, 2.45) is 0 Å². The molecule has 3 rings (SSSR count). The molecule has 1 N–H and O–H groups in total. The molecule has 2 heterocycles. The van der Waals surface area contributed by atoms with Crippen molar-refractivity contribution in [3.63, 3.8) is 0 Å². The number of nitrogens with one attached hydrogen (secondary N) is 1. The first-order valence-corrected chi connectivity index (χ1v) is 9.21. The molecule has 0 saturated carbocycles. The number of aromatic nitrogens is 1. The summed E-state index contributed by atoms with van der Waals surface area (Å²) in [6.45, 7) is 4.09. The van der Waals surface area contributed by atoms with Gasteiger partial charge in [0.25, 0.3) is 0 Å². The van der Waals surface area contributed by atoms with Crippen LogP contribution in [0.3, 0.4) is 0 Å². The first kappa shape index (κ1) is 17.0. The van der Waals surface area contributed by atoms with Crippen LogP contribution in [0.25, 0.3) is 0 Å². The van der Waals surface area contributed by atoms with Gasteiger partial charge in [0.15, 0.2) is 5.13 Å². The van der Waals surface area contributed by atoms with E-state index in [2.05, 4.69) is 22.1 Å². The minimum Gasteiger partial charge on any atom is -0.301 e. The first-order valence-electron chi connectivity index (χ1n) is 8.39. The van der Waals surface area contributed by atoms with Crippen molar-refractivity contribution in [2.75, 3.05) is 18.4 Å². The van der Waals surface area contributed by atoms with E-state index < -0.39 is 0 Å². The van der Waals surface area contributed by atoms with Gasteiger partial charge in [-0.1, -0.05) is 19.1 Å². The fourth-order valence-corrected chi connectivity index (χ4v) is 4.01. The molecule has 2 aromatic rings. The second kappa shape index (κ2) is 7.85. The van der Waals surface area contributed by atoms with E-state index in [0.29, 0.717) is 11.6 Å². The van der Waals surface area contributed by atoms with Crippen LogP contribution < -0.4 is 5.32 Å². The SMILES string of the molecule is CCCN1CCCC1C(=O)Nc1ncc(Cc2cccc(F)c2)s1. The summed E-state index contributed by atoms with van der Waals surface area (Å²) in [5.41, 5.74) is 0.904. The topological polar surface area (TPSA) is 45.2 Å². The number of halogens is 1. The maximum Gasteiger partial charge on any atom is 0.243 e. The second-order valence-electron chi connectivity index (χ2n) is 6.12. The summed E-state index contributed by atoms with van der Waals surface area (Å²) in [6, 6.07) is 6.52. The molecule has 0 bridgehead atoms. The summed E-state index contributed by atoms with van der Waals surface area (Å²) in [5, 5.41) is 3.56. The number of likely N-dealkylation sites (tertiary alicyclic amines) is 1. The fraction of sp³-hybridized carbons (Fsp3) is 0.444. The normalized spacial score (nSPS) is 18.0. The summed E-state index contributed by atoms with van der Waals surface area (Å²) in [7, 11) is 0. The van der Waals surface area contributed by atoms with Crippen molar-refractivity contribution in [3.05, 3.63) is 46.7 Å². The Morgan fingerprint density at radius 2 is 2.38 bits per heavy atom. The van der Waals surface area contributed by atoms with Crippen molar-refractivity contribution >= 4 is 22.4 Å². The van der Waals surface area contributed by atoms with Crippen LogP contribution in [0.15, 0.2) is 30.5 Å². The lowest BCUT2D eigenvalue weighted by atomic mass is 10.1. The third-order valence-electron chi connectivity index (χ3n) is 4.23. The van der Waals surface area contributed by atoms with Crippen LogP contribution in [0, 0.1) is 5.82 Å². The van der Waals surface area contributed by atoms with Crippen molar-refractivity contribution in [3.8, 4) is 0 Å². The Balaban J connectivity index is 1.60. The first-order chi connectivity index (χ1) is 11.7. The van der Waals surface area contributed by atoms with E-state index in [0.717, 1.165) is 42.8 Å². The number of benzene rings is 1. The molecule has 4 nitrogen and oxygen atoms in total. The third kappa shape index (κ3) is 4.19. The zero-order valence-corrected chi connectivity index (χ0v) is 14.6. The van der Waals surface area contributed by atoms with Crippen LogP contribution in [-0.4, -0.2) is 34.9 Å². The van der Waals surface area contributed by atoms with Crippen LogP contribution >= 0.6 is 11.3 Å². The summed E-state index contributed by atoms with van der Waals surface area (Å²) in [5.74, 6) is -0.199. The van der Waals surface area contributed by atoms with Crippen molar-refractivity contribution in [1.82, 2.24) is 9.88 Å². The largest absolute Gasteiger partial charge is 0.301 e. The van der Waals surface area contributed by atoms with Gasteiger partial charge in [-0.2, -0.15) is 0 Å². The highest BCUT2D eigenvalue weighted by Crippen LogP contribution is 2.24. The molecule has 1 fully saturated rings. The molecule has 1 atom stereocenters. The number of carbonyl (C=O) groups is 1. The zero-order chi connectivity index (χ0) is 16.9. The summed E-state index contributed by atoms with van der Waals surface area (Å²) >= 11 is 1.45. The molecule has 0 aliphatic carbocycles. The highest BCUT2D eigenvalue weighted by atomic mass is 32.1. The molecular formula is C18H22FN3OS. The van der Waals surface area contributed by atoms with Gasteiger partial charge in [0, 0.05) is 17.5 Å². The van der Waals surface area contributed by atoms with E-state index in [1.54, 1.807) is 12.3 Å². The Morgan fingerprint density at radius 1 is 1.50 bits per heavy atom. The average Bonchev–Trinajstić information content (AvgIpc) is 3.17. The molecule has 1 aromatic heterocycles. The van der Waals surface area contributed by atoms with Gasteiger partial charge in [0.05, 0.1) is 6.04 Å². The van der Waals surface area contributed by atoms with Gasteiger partial charge in [0.1, 0.15) is 5.82 Å². The van der Waals surface area contributed by atoms with Gasteiger partial charge in [-0.15, -0.1) is 11.3 Å². The molecule has 128 valence electrons. The van der Waals surface area contributed by atoms with Crippen LogP contribution in [0.4, 0.5) is 9.52 Å². The van der Waals surface area contributed by atoms with Crippen LogP contribution in [0.2, 0.25) is 0 Å². The third-order valence-corrected chi connectivity index (χ3v) is 5.14. The minimum absolute atomic E-state index is 0.0348. The van der Waals surface area contributed by atoms with E-state index >= 15 is 0 Å². The summed E-state index contributed by atoms with van der Waals surface area (Å²) < 4.78 is 13.2. The van der Waals surface area contributed by atoms with Crippen molar-refractivity contribution in [2.45, 2.75) is 38.6 Å². The van der Waals surface area contributed by atoms with E-state index in [1.165, 1.54) is 23.5 Å². The molecule has 1 aliphatic rings. The van der Waals surface area contributed by atoms with Gasteiger partial charge < -0.3 is 5.32 Å². The summed E-state index contributed by atoms with van der Waals surface area (Å²) in [4.78, 5) is 20.0. The Bertz CT molecular complexity index is 703. The highest BCUT2D eigenvalue weighted by Gasteiger charge is 2.30. The monoisotopic (exact) mass is 347 g/mol. The molecule has 0 spiro atoms. The summed E-state index contributed by atoms with van der Waals surface area (Å²) in [6.07, 6.45) is 5.41. The predicted molar refractivity (Wildman–Crippen MR) is 94.8 cm³/mol. The van der Waals surface area contributed by atoms with E-state index in [9.17, 15) is 9.18 Å². The Kier molecular flexibility index (Phi) is 5.58. The lowest BCUT2D eigenvalue weighted by Gasteiger charge is -2.22. The molecule has 0 radical (unpaired) electrons. The van der Waals surface area contributed by atoms with E-state index in [4.69, 9.17) is 0 Å². The molecule has 1 aliphatic heterocycles. The lowest BCUT2D eigenvalue weighted by molar-refractivity contribution is -0.120. The number of carbonyl (C=O) groups excluding carboxylic acids is 1. The van der Waals surface area contributed by atoms with Gasteiger partial charge >= 0.3 is 0 Å². The van der Waals surface area contributed by atoms with Crippen molar-refractivity contribution in [1.29, 1.82) is 0 Å². The maximum absolute atomic E-state index is 13.2. The van der Waals surface area contributed by atoms with Gasteiger partial charge in [-0.05, 0) is 50.0 Å². The molecule has 6 heteroatoms. The fourth-order valence-electron chi connectivity index (χ4n) is 3.16.